The van der Waals surface area contributed by atoms with Gasteiger partial charge in [0.05, 0.1) is 26.8 Å². The van der Waals surface area contributed by atoms with Gasteiger partial charge in [-0.15, -0.1) is 0 Å². The molecule has 2 aromatic carbocycles. The van der Waals surface area contributed by atoms with Crippen molar-refractivity contribution in [2.45, 2.75) is 0 Å². The van der Waals surface area contributed by atoms with Crippen molar-refractivity contribution in [1.82, 2.24) is 4.98 Å². The second-order valence-electron chi connectivity index (χ2n) is 5.26. The summed E-state index contributed by atoms with van der Waals surface area (Å²) in [4.78, 5) is 15.6. The monoisotopic (exact) mass is 360 g/mol. The number of anilines is 1. The molecule has 0 saturated heterocycles. The second-order valence-corrected chi connectivity index (χ2v) is 5.69. The third-order valence-electron chi connectivity index (χ3n) is 3.75. The molecular weight excluding hydrogens is 344 g/mol. The molecule has 1 aromatic heterocycles. The molecule has 0 aliphatic carbocycles. The van der Waals surface area contributed by atoms with E-state index in [1.165, 1.54) is 14.2 Å². The fraction of sp³-hybridized carbons (Fsp3) is 0.167. The van der Waals surface area contributed by atoms with Gasteiger partial charge in [-0.25, -0.2) is 0 Å². The van der Waals surface area contributed by atoms with E-state index in [-0.39, 0.29) is 5.91 Å². The molecule has 1 amide bonds. The number of methoxy groups -OCH3 is 3. The highest BCUT2D eigenvalue weighted by Gasteiger charge is 2.19. The summed E-state index contributed by atoms with van der Waals surface area (Å²) < 4.78 is 16.1. The van der Waals surface area contributed by atoms with E-state index in [1.54, 1.807) is 43.5 Å². The summed E-state index contributed by atoms with van der Waals surface area (Å²) in [6, 6.07) is 10.4. The number of nitrogens with one attached hydrogen (secondary N) is 2. The number of aromatic nitrogens is 1. The third kappa shape index (κ3) is 3.21. The summed E-state index contributed by atoms with van der Waals surface area (Å²) in [7, 11) is 4.60. The first-order valence-corrected chi connectivity index (χ1v) is 7.83. The number of amides is 1. The molecule has 3 rings (SSSR count). The van der Waals surface area contributed by atoms with Crippen LogP contribution in [-0.4, -0.2) is 32.2 Å². The van der Waals surface area contributed by atoms with Crippen LogP contribution in [0.25, 0.3) is 10.9 Å². The van der Waals surface area contributed by atoms with Crippen LogP contribution in [0.15, 0.2) is 36.4 Å². The van der Waals surface area contributed by atoms with Crippen LogP contribution in [0, 0.1) is 0 Å². The zero-order valence-corrected chi connectivity index (χ0v) is 14.7. The number of hydrogen-bond acceptors (Lipinski definition) is 4. The number of rotatable bonds is 5. The Morgan fingerprint density at radius 2 is 1.80 bits per heavy atom. The fourth-order valence-electron chi connectivity index (χ4n) is 2.63. The summed E-state index contributed by atoms with van der Waals surface area (Å²) in [5.74, 6) is 1.16. The van der Waals surface area contributed by atoms with Gasteiger partial charge in [-0.3, -0.25) is 4.79 Å². The van der Waals surface area contributed by atoms with Crippen LogP contribution in [0.5, 0.6) is 17.2 Å². The number of fused-ring (bicyclic) bond motifs is 1. The van der Waals surface area contributed by atoms with Crippen LogP contribution in [0.4, 0.5) is 5.69 Å². The van der Waals surface area contributed by atoms with Crippen molar-refractivity contribution in [3.05, 3.63) is 47.1 Å². The van der Waals surface area contributed by atoms with Gasteiger partial charge < -0.3 is 24.5 Å². The average Bonchev–Trinajstić information content (AvgIpc) is 3.03. The summed E-state index contributed by atoms with van der Waals surface area (Å²) in [6.07, 6.45) is 0. The van der Waals surface area contributed by atoms with Crippen molar-refractivity contribution in [3.8, 4) is 17.2 Å². The van der Waals surface area contributed by atoms with E-state index in [2.05, 4.69) is 10.3 Å². The zero-order valence-electron chi connectivity index (χ0n) is 14.0. The Morgan fingerprint density at radius 3 is 2.44 bits per heavy atom. The van der Waals surface area contributed by atoms with Gasteiger partial charge in [0, 0.05) is 16.1 Å². The first kappa shape index (κ1) is 17.0. The maximum absolute atomic E-state index is 12.5. The van der Waals surface area contributed by atoms with E-state index >= 15 is 0 Å². The highest BCUT2D eigenvalue weighted by atomic mass is 35.5. The van der Waals surface area contributed by atoms with Gasteiger partial charge >= 0.3 is 0 Å². The van der Waals surface area contributed by atoms with Crippen molar-refractivity contribution in [1.29, 1.82) is 0 Å². The maximum atomic E-state index is 12.5. The number of H-pyrrole nitrogens is 1. The molecule has 0 bridgehead atoms. The molecule has 7 heteroatoms. The molecule has 0 radical (unpaired) electrons. The Morgan fingerprint density at radius 1 is 1.04 bits per heavy atom. The van der Waals surface area contributed by atoms with Crippen LogP contribution in [0.1, 0.15) is 10.5 Å². The highest BCUT2D eigenvalue weighted by molar-refractivity contribution is 6.31. The van der Waals surface area contributed by atoms with Crippen LogP contribution >= 0.6 is 11.6 Å². The predicted molar refractivity (Wildman–Crippen MR) is 97.4 cm³/mol. The number of halogens is 1. The molecule has 0 aliphatic rings. The molecular formula is C18H17ClN2O4. The minimum Gasteiger partial charge on any atom is -0.493 e. The van der Waals surface area contributed by atoms with Crippen LogP contribution in [0.2, 0.25) is 5.02 Å². The van der Waals surface area contributed by atoms with Crippen molar-refractivity contribution in [2.75, 3.05) is 26.6 Å². The summed E-state index contributed by atoms with van der Waals surface area (Å²) >= 11 is 5.94. The predicted octanol–water partition coefficient (Wildman–Crippen LogP) is 4.10. The van der Waals surface area contributed by atoms with Gasteiger partial charge in [0.15, 0.2) is 11.5 Å². The molecule has 0 fully saturated rings. The summed E-state index contributed by atoms with van der Waals surface area (Å²) in [5.41, 5.74) is 1.64. The number of benzene rings is 2. The van der Waals surface area contributed by atoms with E-state index in [0.717, 1.165) is 5.39 Å². The molecule has 0 saturated carbocycles. The first-order chi connectivity index (χ1) is 12.1. The first-order valence-electron chi connectivity index (χ1n) is 7.46. The minimum absolute atomic E-state index is 0.293. The van der Waals surface area contributed by atoms with Crippen LogP contribution < -0.4 is 19.5 Å². The molecule has 25 heavy (non-hydrogen) atoms. The Labute approximate surface area is 149 Å². The van der Waals surface area contributed by atoms with Gasteiger partial charge in [-0.1, -0.05) is 17.7 Å². The molecule has 0 spiro atoms. The second kappa shape index (κ2) is 6.94. The smallest absolute Gasteiger partial charge is 0.272 e. The van der Waals surface area contributed by atoms with Crippen molar-refractivity contribution in [3.63, 3.8) is 0 Å². The molecule has 0 atom stereocenters. The Balaban J connectivity index is 2.01. The summed E-state index contributed by atoms with van der Waals surface area (Å²) in [5, 5.41) is 4.11. The Bertz CT molecular complexity index is 936. The van der Waals surface area contributed by atoms with Crippen molar-refractivity contribution >= 4 is 34.1 Å². The lowest BCUT2D eigenvalue weighted by molar-refractivity contribution is 0.102. The third-order valence-corrected chi connectivity index (χ3v) is 3.98. The van der Waals surface area contributed by atoms with Gasteiger partial charge in [-0.2, -0.15) is 0 Å². The average molecular weight is 361 g/mol. The lowest BCUT2D eigenvalue weighted by atomic mass is 10.2. The fourth-order valence-corrected chi connectivity index (χ4v) is 2.82. The Hall–Kier alpha value is -2.86. The molecule has 0 unspecified atom stereocenters. The van der Waals surface area contributed by atoms with Gasteiger partial charge in [0.1, 0.15) is 5.69 Å². The molecule has 0 aliphatic heterocycles. The normalized spacial score (nSPS) is 10.6. The lowest BCUT2D eigenvalue weighted by Gasteiger charge is -2.12. The minimum atomic E-state index is -0.293. The zero-order chi connectivity index (χ0) is 18.0. The van der Waals surface area contributed by atoms with Gasteiger partial charge in [0.2, 0.25) is 5.75 Å². The molecule has 2 N–H and O–H groups in total. The topological polar surface area (TPSA) is 72.6 Å². The number of hydrogen-bond donors (Lipinski definition) is 2. The van der Waals surface area contributed by atoms with E-state index in [1.807, 2.05) is 0 Å². The van der Waals surface area contributed by atoms with E-state index in [9.17, 15) is 4.79 Å². The maximum Gasteiger partial charge on any atom is 0.272 e. The van der Waals surface area contributed by atoms with Crippen LogP contribution in [-0.2, 0) is 0 Å². The number of carbonyl (C=O) groups is 1. The standard InChI is InChI=1S/C18H17ClN2O4/c1-23-14-8-10-7-13(21-15(10)17(25-3)16(14)24-2)18(22)20-12-6-4-5-11(19)9-12/h4-9,21H,1-3H3,(H,20,22). The van der Waals surface area contributed by atoms with E-state index in [0.29, 0.717) is 39.2 Å². The molecule has 130 valence electrons. The number of aromatic amines is 1. The van der Waals surface area contributed by atoms with Gasteiger partial charge in [-0.05, 0) is 30.3 Å². The van der Waals surface area contributed by atoms with E-state index < -0.39 is 0 Å². The lowest BCUT2D eigenvalue weighted by Crippen LogP contribution is -2.12. The number of carbonyl (C=O) groups excluding carboxylic acids is 1. The van der Waals surface area contributed by atoms with Crippen LogP contribution in [0.3, 0.4) is 0 Å². The number of ether oxygens (including phenoxy) is 3. The molecule has 1 heterocycles. The Kier molecular flexibility index (Phi) is 4.72. The van der Waals surface area contributed by atoms with E-state index in [4.69, 9.17) is 25.8 Å². The molecule has 6 nitrogen and oxygen atoms in total. The highest BCUT2D eigenvalue weighted by Crippen LogP contribution is 2.43. The summed E-state index contributed by atoms with van der Waals surface area (Å²) in [6.45, 7) is 0. The quantitative estimate of drug-likeness (QED) is 0.718. The van der Waals surface area contributed by atoms with Gasteiger partial charge in [0.25, 0.3) is 5.91 Å². The molecule has 3 aromatic rings. The largest absolute Gasteiger partial charge is 0.493 e. The SMILES string of the molecule is COc1cc2cc(C(=O)Nc3cccc(Cl)c3)[nH]c2c(OC)c1OC. The van der Waals surface area contributed by atoms with Crippen molar-refractivity contribution in [2.24, 2.45) is 0 Å². The van der Waals surface area contributed by atoms with Crippen molar-refractivity contribution < 1.29 is 19.0 Å².